The number of amides is 1. The van der Waals surface area contributed by atoms with Gasteiger partial charge < -0.3 is 15.2 Å². The van der Waals surface area contributed by atoms with Crippen molar-refractivity contribution in [2.24, 2.45) is 5.73 Å². The lowest BCUT2D eigenvalue weighted by Crippen LogP contribution is -2.40. The highest BCUT2D eigenvalue weighted by atomic mass is 16.5. The number of carbonyl (C=O) groups excluding carboxylic acids is 1. The van der Waals surface area contributed by atoms with Crippen molar-refractivity contribution in [3.63, 3.8) is 0 Å². The van der Waals surface area contributed by atoms with E-state index in [2.05, 4.69) is 15.1 Å². The second kappa shape index (κ2) is 6.95. The molecule has 0 spiro atoms. The summed E-state index contributed by atoms with van der Waals surface area (Å²) < 4.78 is 5.36. The van der Waals surface area contributed by atoms with E-state index >= 15 is 0 Å². The third kappa shape index (κ3) is 3.28. The van der Waals surface area contributed by atoms with Crippen LogP contribution in [0.25, 0.3) is 11.5 Å². The van der Waals surface area contributed by atoms with Gasteiger partial charge in [-0.15, -0.1) is 0 Å². The lowest BCUT2D eigenvalue weighted by atomic mass is 10.1. The Kier molecular flexibility index (Phi) is 4.35. The van der Waals surface area contributed by atoms with Gasteiger partial charge in [0.05, 0.1) is 5.56 Å². The molecule has 0 unspecified atom stereocenters. The van der Waals surface area contributed by atoms with E-state index in [1.165, 1.54) is 0 Å². The van der Waals surface area contributed by atoms with Gasteiger partial charge in [0.25, 0.3) is 5.89 Å². The standard InChI is InChI=1S/C19H19N5O2/c20-18(25)15-7-4-10-24(15)17-9-8-14(12-21-17)19-22-16(23-26-19)11-13-5-2-1-3-6-13/h1-3,5-6,8-9,12,15H,4,7,10-11H2,(H2,20,25)/t15-/m0/s1. The van der Waals surface area contributed by atoms with E-state index in [-0.39, 0.29) is 11.9 Å². The van der Waals surface area contributed by atoms with Gasteiger partial charge in [-0.25, -0.2) is 4.98 Å². The van der Waals surface area contributed by atoms with Crippen molar-refractivity contribution in [2.75, 3.05) is 11.4 Å². The fraction of sp³-hybridized carbons (Fsp3) is 0.263. The molecule has 3 aromatic rings. The first-order valence-corrected chi connectivity index (χ1v) is 8.59. The first-order valence-electron chi connectivity index (χ1n) is 8.59. The Morgan fingerprint density at radius 3 is 2.81 bits per heavy atom. The van der Waals surface area contributed by atoms with Crippen LogP contribution in [0.2, 0.25) is 0 Å². The molecule has 26 heavy (non-hydrogen) atoms. The molecule has 0 bridgehead atoms. The Morgan fingerprint density at radius 1 is 1.23 bits per heavy atom. The topological polar surface area (TPSA) is 98.1 Å². The average molecular weight is 349 g/mol. The van der Waals surface area contributed by atoms with Crippen LogP contribution < -0.4 is 10.6 Å². The second-order valence-electron chi connectivity index (χ2n) is 6.34. The third-order valence-corrected chi connectivity index (χ3v) is 4.54. The molecule has 1 amide bonds. The summed E-state index contributed by atoms with van der Waals surface area (Å²) in [7, 11) is 0. The molecule has 2 N–H and O–H groups in total. The van der Waals surface area contributed by atoms with Gasteiger partial charge in [-0.05, 0) is 30.5 Å². The molecule has 1 aliphatic heterocycles. The molecular formula is C19H19N5O2. The Morgan fingerprint density at radius 2 is 2.08 bits per heavy atom. The van der Waals surface area contributed by atoms with Crippen LogP contribution in [-0.4, -0.2) is 33.6 Å². The molecule has 4 rings (SSSR count). The Bertz CT molecular complexity index is 892. The predicted molar refractivity (Wildman–Crippen MR) is 96.3 cm³/mol. The van der Waals surface area contributed by atoms with Crippen LogP contribution in [0.15, 0.2) is 53.2 Å². The summed E-state index contributed by atoms with van der Waals surface area (Å²) in [6.45, 7) is 0.779. The van der Waals surface area contributed by atoms with Gasteiger partial charge in [0.15, 0.2) is 5.82 Å². The van der Waals surface area contributed by atoms with E-state index in [9.17, 15) is 4.79 Å². The van der Waals surface area contributed by atoms with Gasteiger partial charge in [-0.1, -0.05) is 35.5 Å². The number of anilines is 1. The molecule has 132 valence electrons. The summed E-state index contributed by atoms with van der Waals surface area (Å²) in [4.78, 5) is 22.4. The minimum absolute atomic E-state index is 0.283. The van der Waals surface area contributed by atoms with Crippen molar-refractivity contribution in [3.05, 3.63) is 60.0 Å². The minimum Gasteiger partial charge on any atom is -0.368 e. The molecular weight excluding hydrogens is 330 g/mol. The lowest BCUT2D eigenvalue weighted by Gasteiger charge is -2.23. The number of benzene rings is 1. The number of carbonyl (C=O) groups is 1. The average Bonchev–Trinajstić information content (AvgIpc) is 3.32. The first-order chi connectivity index (χ1) is 12.7. The van der Waals surface area contributed by atoms with E-state index in [0.717, 1.165) is 36.3 Å². The van der Waals surface area contributed by atoms with Crippen molar-refractivity contribution in [2.45, 2.75) is 25.3 Å². The molecule has 1 aromatic carbocycles. The summed E-state index contributed by atoms with van der Waals surface area (Å²) >= 11 is 0. The van der Waals surface area contributed by atoms with E-state index in [0.29, 0.717) is 18.1 Å². The summed E-state index contributed by atoms with van der Waals surface area (Å²) in [5.74, 6) is 1.49. The fourth-order valence-corrected chi connectivity index (χ4v) is 3.24. The van der Waals surface area contributed by atoms with Crippen molar-refractivity contribution in [1.29, 1.82) is 0 Å². The van der Waals surface area contributed by atoms with Gasteiger partial charge in [-0.2, -0.15) is 4.98 Å². The third-order valence-electron chi connectivity index (χ3n) is 4.54. The zero-order valence-corrected chi connectivity index (χ0v) is 14.2. The maximum Gasteiger partial charge on any atom is 0.259 e. The SMILES string of the molecule is NC(=O)[C@@H]1CCCN1c1ccc(-c2nc(Cc3ccccc3)no2)cn1. The number of nitrogens with zero attached hydrogens (tertiary/aromatic N) is 4. The van der Waals surface area contributed by atoms with E-state index in [4.69, 9.17) is 10.3 Å². The maximum absolute atomic E-state index is 11.5. The highest BCUT2D eigenvalue weighted by Crippen LogP contribution is 2.25. The predicted octanol–water partition coefficient (Wildman–Crippen LogP) is 2.18. The van der Waals surface area contributed by atoms with E-state index < -0.39 is 0 Å². The van der Waals surface area contributed by atoms with Crippen LogP contribution >= 0.6 is 0 Å². The lowest BCUT2D eigenvalue weighted by molar-refractivity contribution is -0.119. The number of nitrogens with two attached hydrogens (primary N) is 1. The molecule has 0 saturated carbocycles. The number of aromatic nitrogens is 3. The highest BCUT2D eigenvalue weighted by molar-refractivity contribution is 5.84. The minimum atomic E-state index is -0.309. The van der Waals surface area contributed by atoms with E-state index in [1.54, 1.807) is 6.20 Å². The monoisotopic (exact) mass is 349 g/mol. The molecule has 3 heterocycles. The van der Waals surface area contributed by atoms with Crippen molar-refractivity contribution >= 4 is 11.7 Å². The first kappa shape index (κ1) is 16.3. The molecule has 1 saturated heterocycles. The largest absolute Gasteiger partial charge is 0.368 e. The van der Waals surface area contributed by atoms with Crippen molar-refractivity contribution in [1.82, 2.24) is 15.1 Å². The van der Waals surface area contributed by atoms with Gasteiger partial charge in [0, 0.05) is 19.2 Å². The van der Waals surface area contributed by atoms with Crippen LogP contribution in [0.3, 0.4) is 0 Å². The molecule has 1 fully saturated rings. The number of hydrogen-bond donors (Lipinski definition) is 1. The Labute approximate surface area is 150 Å². The molecule has 2 aromatic heterocycles. The molecule has 7 heteroatoms. The number of rotatable bonds is 5. The van der Waals surface area contributed by atoms with Gasteiger partial charge in [0.2, 0.25) is 5.91 Å². The smallest absolute Gasteiger partial charge is 0.259 e. The zero-order valence-electron chi connectivity index (χ0n) is 14.2. The van der Waals surface area contributed by atoms with Crippen LogP contribution in [0.4, 0.5) is 5.82 Å². The normalized spacial score (nSPS) is 16.8. The summed E-state index contributed by atoms with van der Waals surface area (Å²) in [5.41, 5.74) is 7.34. The number of pyridine rings is 1. The Hall–Kier alpha value is -3.22. The summed E-state index contributed by atoms with van der Waals surface area (Å²) in [6.07, 6.45) is 4.00. The second-order valence-corrected chi connectivity index (χ2v) is 6.34. The molecule has 7 nitrogen and oxygen atoms in total. The molecule has 1 aliphatic rings. The highest BCUT2D eigenvalue weighted by Gasteiger charge is 2.29. The quantitative estimate of drug-likeness (QED) is 0.758. The van der Waals surface area contributed by atoms with Crippen molar-refractivity contribution < 1.29 is 9.32 Å². The van der Waals surface area contributed by atoms with E-state index in [1.807, 2.05) is 47.4 Å². The number of hydrogen-bond acceptors (Lipinski definition) is 6. The molecule has 0 aliphatic carbocycles. The summed E-state index contributed by atoms with van der Waals surface area (Å²) in [6, 6.07) is 13.4. The van der Waals surface area contributed by atoms with Crippen molar-refractivity contribution in [3.8, 4) is 11.5 Å². The fourth-order valence-electron chi connectivity index (χ4n) is 3.24. The van der Waals surface area contributed by atoms with Crippen LogP contribution in [0.5, 0.6) is 0 Å². The zero-order chi connectivity index (χ0) is 17.9. The van der Waals surface area contributed by atoms with Crippen LogP contribution in [-0.2, 0) is 11.2 Å². The summed E-state index contributed by atoms with van der Waals surface area (Å²) in [5, 5.41) is 4.04. The Balaban J connectivity index is 1.50. The van der Waals surface area contributed by atoms with Crippen LogP contribution in [0.1, 0.15) is 24.2 Å². The van der Waals surface area contributed by atoms with Crippen LogP contribution in [0, 0.1) is 0 Å². The molecule has 1 atom stereocenters. The number of primary amides is 1. The van der Waals surface area contributed by atoms with Gasteiger partial charge >= 0.3 is 0 Å². The molecule has 0 radical (unpaired) electrons. The van der Waals surface area contributed by atoms with Gasteiger partial charge in [-0.3, -0.25) is 4.79 Å². The van der Waals surface area contributed by atoms with Gasteiger partial charge in [0.1, 0.15) is 11.9 Å². The maximum atomic E-state index is 11.5.